The molecule has 1 N–H and O–H groups in total. The molecule has 2 aliphatic heterocycles. The Kier molecular flexibility index (Phi) is 5.69. The van der Waals surface area contributed by atoms with Gasteiger partial charge in [0.25, 0.3) is 0 Å². The second kappa shape index (κ2) is 8.55. The third-order valence-corrected chi connectivity index (χ3v) is 5.61. The Hall–Kier alpha value is -3.02. The van der Waals surface area contributed by atoms with Crippen LogP contribution in [0.3, 0.4) is 0 Å². The van der Waals surface area contributed by atoms with Gasteiger partial charge in [0.1, 0.15) is 12.4 Å². The van der Waals surface area contributed by atoms with Gasteiger partial charge in [-0.15, -0.1) is 0 Å². The third kappa shape index (κ3) is 4.36. The van der Waals surface area contributed by atoms with Crippen LogP contribution in [0.15, 0.2) is 48.5 Å². The number of piperidine rings is 1. The van der Waals surface area contributed by atoms with Crippen molar-refractivity contribution < 1.29 is 14.3 Å². The number of aryl methyl sites for hydroxylation is 1. The van der Waals surface area contributed by atoms with Crippen LogP contribution >= 0.6 is 0 Å². The minimum atomic E-state index is -0.172. The van der Waals surface area contributed by atoms with Crippen LogP contribution < -0.4 is 15.0 Å². The third-order valence-electron chi connectivity index (χ3n) is 5.61. The number of hydrogen-bond donors (Lipinski definition) is 1. The number of carbonyl (C=O) groups is 2. The Balaban J connectivity index is 1.37. The summed E-state index contributed by atoms with van der Waals surface area (Å²) in [6, 6.07) is 15.7. The highest BCUT2D eigenvalue weighted by molar-refractivity contribution is 5.94. The molecule has 2 aromatic carbocycles. The summed E-state index contributed by atoms with van der Waals surface area (Å²) in [6.45, 7) is 4.70. The van der Waals surface area contributed by atoms with Gasteiger partial charge in [-0.1, -0.05) is 42.0 Å². The lowest BCUT2D eigenvalue weighted by atomic mass is 9.97. The van der Waals surface area contributed by atoms with E-state index in [0.717, 1.165) is 29.8 Å². The quantitative estimate of drug-likeness (QED) is 0.870. The molecular formula is C23H27N3O3. The van der Waals surface area contributed by atoms with Gasteiger partial charge in [0.05, 0.1) is 18.2 Å². The van der Waals surface area contributed by atoms with E-state index in [-0.39, 0.29) is 17.9 Å². The topological polar surface area (TPSA) is 61.9 Å². The molecule has 2 aromatic rings. The molecule has 0 unspecified atom stereocenters. The number of ether oxygens (including phenoxy) is 1. The van der Waals surface area contributed by atoms with Crippen molar-refractivity contribution in [3.8, 4) is 5.75 Å². The summed E-state index contributed by atoms with van der Waals surface area (Å²) in [5, 5.41) is 3.03. The predicted octanol–water partition coefficient (Wildman–Crippen LogP) is 3.34. The van der Waals surface area contributed by atoms with Gasteiger partial charge in [0.2, 0.25) is 5.91 Å². The van der Waals surface area contributed by atoms with Crippen LogP contribution in [0, 0.1) is 12.8 Å². The minimum Gasteiger partial charge on any atom is -0.490 e. The van der Waals surface area contributed by atoms with Gasteiger partial charge >= 0.3 is 6.03 Å². The lowest BCUT2D eigenvalue weighted by molar-refractivity contribution is -0.126. The van der Waals surface area contributed by atoms with Crippen molar-refractivity contribution in [2.24, 2.45) is 5.92 Å². The van der Waals surface area contributed by atoms with Crippen molar-refractivity contribution in [2.75, 3.05) is 31.1 Å². The molecule has 0 spiro atoms. The Morgan fingerprint density at radius 3 is 2.72 bits per heavy atom. The van der Waals surface area contributed by atoms with E-state index in [1.54, 1.807) is 4.90 Å². The summed E-state index contributed by atoms with van der Waals surface area (Å²) in [6.07, 6.45) is 1.64. The predicted molar refractivity (Wildman–Crippen MR) is 112 cm³/mol. The molecule has 152 valence electrons. The zero-order valence-corrected chi connectivity index (χ0v) is 16.8. The summed E-state index contributed by atoms with van der Waals surface area (Å²) in [4.78, 5) is 29.4. The summed E-state index contributed by atoms with van der Waals surface area (Å²) < 4.78 is 5.66. The number of urea groups is 1. The van der Waals surface area contributed by atoms with Crippen LogP contribution in [0.5, 0.6) is 5.75 Å². The SMILES string of the molecule is Cc1ccc(CNC(=O)[C@@H]2CCCN(C(=O)N3CCOc4ccccc43)C2)cc1. The van der Waals surface area contributed by atoms with Crippen molar-refractivity contribution in [3.63, 3.8) is 0 Å². The number of fused-ring (bicyclic) bond motifs is 1. The highest BCUT2D eigenvalue weighted by Gasteiger charge is 2.33. The standard InChI is InChI=1S/C23H27N3O3/c1-17-8-10-18(11-9-17)15-24-22(27)19-5-4-12-25(16-19)23(28)26-13-14-29-21-7-3-2-6-20(21)26/h2-3,6-11,19H,4-5,12-16H2,1H3,(H,24,27)/t19-/m1/s1. The molecule has 1 fully saturated rings. The molecule has 0 saturated carbocycles. The Labute approximate surface area is 171 Å². The fourth-order valence-corrected chi connectivity index (χ4v) is 3.94. The largest absolute Gasteiger partial charge is 0.490 e. The van der Waals surface area contributed by atoms with Gasteiger partial charge in [-0.3, -0.25) is 9.69 Å². The first-order valence-electron chi connectivity index (χ1n) is 10.2. The van der Waals surface area contributed by atoms with E-state index >= 15 is 0 Å². The normalized spacial score (nSPS) is 18.6. The van der Waals surface area contributed by atoms with Crippen LogP contribution in [-0.4, -0.2) is 43.1 Å². The number of hydrogen-bond acceptors (Lipinski definition) is 3. The van der Waals surface area contributed by atoms with Crippen LogP contribution in [0.25, 0.3) is 0 Å². The van der Waals surface area contributed by atoms with Crippen molar-refractivity contribution in [1.82, 2.24) is 10.2 Å². The fraction of sp³-hybridized carbons (Fsp3) is 0.391. The van der Waals surface area contributed by atoms with Crippen LogP contribution in [0.4, 0.5) is 10.5 Å². The maximum absolute atomic E-state index is 13.2. The van der Waals surface area contributed by atoms with Crippen LogP contribution in [0.2, 0.25) is 0 Å². The van der Waals surface area contributed by atoms with E-state index < -0.39 is 0 Å². The van der Waals surface area contributed by atoms with E-state index in [2.05, 4.69) is 5.32 Å². The van der Waals surface area contributed by atoms with E-state index in [1.165, 1.54) is 5.56 Å². The first-order chi connectivity index (χ1) is 14.1. The first kappa shape index (κ1) is 19.3. The van der Waals surface area contributed by atoms with Gasteiger partial charge in [0, 0.05) is 19.6 Å². The zero-order chi connectivity index (χ0) is 20.2. The van der Waals surface area contributed by atoms with E-state index in [9.17, 15) is 9.59 Å². The lowest BCUT2D eigenvalue weighted by Gasteiger charge is -2.37. The number of nitrogens with zero attached hydrogens (tertiary/aromatic N) is 2. The maximum atomic E-state index is 13.2. The van der Waals surface area contributed by atoms with Crippen molar-refractivity contribution >= 4 is 17.6 Å². The summed E-state index contributed by atoms with van der Waals surface area (Å²) in [5.41, 5.74) is 3.08. The molecule has 29 heavy (non-hydrogen) atoms. The number of rotatable bonds is 3. The fourth-order valence-electron chi connectivity index (χ4n) is 3.94. The van der Waals surface area contributed by atoms with Gasteiger partial charge in [-0.25, -0.2) is 4.79 Å². The van der Waals surface area contributed by atoms with Gasteiger partial charge < -0.3 is 15.0 Å². The summed E-state index contributed by atoms with van der Waals surface area (Å²) >= 11 is 0. The second-order valence-electron chi connectivity index (χ2n) is 7.74. The minimum absolute atomic E-state index is 0.0189. The number of likely N-dealkylation sites (tertiary alicyclic amines) is 1. The molecule has 2 aliphatic rings. The molecule has 2 heterocycles. The number of amides is 3. The molecule has 1 atom stereocenters. The van der Waals surface area contributed by atoms with E-state index in [1.807, 2.05) is 60.4 Å². The molecule has 1 saturated heterocycles. The highest BCUT2D eigenvalue weighted by atomic mass is 16.5. The molecule has 6 heteroatoms. The van der Waals surface area contributed by atoms with Crippen molar-refractivity contribution in [1.29, 1.82) is 0 Å². The summed E-state index contributed by atoms with van der Waals surface area (Å²) in [7, 11) is 0. The number of anilines is 1. The van der Waals surface area contributed by atoms with E-state index in [4.69, 9.17) is 4.74 Å². The molecule has 0 aliphatic carbocycles. The number of para-hydroxylation sites is 2. The number of benzene rings is 2. The smallest absolute Gasteiger partial charge is 0.324 e. The monoisotopic (exact) mass is 393 g/mol. The van der Waals surface area contributed by atoms with Gasteiger partial charge in [0.15, 0.2) is 0 Å². The average molecular weight is 393 g/mol. The molecule has 6 nitrogen and oxygen atoms in total. The second-order valence-corrected chi connectivity index (χ2v) is 7.74. The molecule has 0 aromatic heterocycles. The molecular weight excluding hydrogens is 366 g/mol. The molecule has 0 radical (unpaired) electrons. The average Bonchev–Trinajstić information content (AvgIpc) is 2.77. The molecule has 4 rings (SSSR count). The Bertz CT molecular complexity index is 881. The van der Waals surface area contributed by atoms with Crippen LogP contribution in [-0.2, 0) is 11.3 Å². The van der Waals surface area contributed by atoms with Gasteiger partial charge in [-0.05, 0) is 37.5 Å². The molecule has 3 amide bonds. The number of carbonyl (C=O) groups excluding carboxylic acids is 2. The van der Waals surface area contributed by atoms with Crippen molar-refractivity contribution in [2.45, 2.75) is 26.3 Å². The first-order valence-corrected chi connectivity index (χ1v) is 10.2. The molecule has 0 bridgehead atoms. The highest BCUT2D eigenvalue weighted by Crippen LogP contribution is 2.32. The Morgan fingerprint density at radius 2 is 1.90 bits per heavy atom. The maximum Gasteiger partial charge on any atom is 0.324 e. The lowest BCUT2D eigenvalue weighted by Crippen LogP contribution is -2.52. The van der Waals surface area contributed by atoms with Crippen LogP contribution in [0.1, 0.15) is 24.0 Å². The summed E-state index contributed by atoms with van der Waals surface area (Å²) in [5.74, 6) is 0.580. The van der Waals surface area contributed by atoms with E-state index in [0.29, 0.717) is 32.8 Å². The number of nitrogens with one attached hydrogen (secondary N) is 1. The van der Waals surface area contributed by atoms with Crippen molar-refractivity contribution in [3.05, 3.63) is 59.7 Å². The zero-order valence-electron chi connectivity index (χ0n) is 16.8. The van der Waals surface area contributed by atoms with Gasteiger partial charge in [-0.2, -0.15) is 0 Å². The Morgan fingerprint density at radius 1 is 1.10 bits per heavy atom.